The van der Waals surface area contributed by atoms with Gasteiger partial charge in [-0.1, -0.05) is 0 Å². The first-order chi connectivity index (χ1) is 11.7. The number of hydrogen-bond acceptors (Lipinski definition) is 4. The Bertz CT molecular complexity index is 1330. The van der Waals surface area contributed by atoms with Gasteiger partial charge in [0.2, 0.25) is 0 Å². The number of pyridine rings is 3. The molecular weight excluding hydrogens is 309 g/mol. The molecule has 5 aromatic rings. The second-order valence-corrected chi connectivity index (χ2v) is 5.62. The summed E-state index contributed by atoms with van der Waals surface area (Å²) in [6.45, 7) is 0. The van der Waals surface area contributed by atoms with Crippen LogP contribution in [0.2, 0.25) is 0 Å². The van der Waals surface area contributed by atoms with Crippen molar-refractivity contribution in [2.45, 2.75) is 0 Å². The lowest BCUT2D eigenvalue weighted by atomic mass is 10.1. The third kappa shape index (κ3) is 1.45. The number of benzene rings is 1. The minimum absolute atomic E-state index is 0.211. The smallest absolute Gasteiger partial charge is 0.265 e. The van der Waals surface area contributed by atoms with Crippen molar-refractivity contribution in [1.82, 2.24) is 14.4 Å². The molecule has 0 amide bonds. The van der Waals surface area contributed by atoms with Gasteiger partial charge in [0.25, 0.3) is 5.56 Å². The zero-order valence-corrected chi connectivity index (χ0v) is 12.6. The fourth-order valence-electron chi connectivity index (χ4n) is 3.42. The minimum Gasteiger partial charge on any atom is -0.497 e. The average molecular weight is 319 g/mol. The molecule has 0 radical (unpaired) electrons. The highest BCUT2D eigenvalue weighted by molar-refractivity contribution is 6.18. The Hall–Kier alpha value is -3.28. The predicted octanol–water partition coefficient (Wildman–Crippen LogP) is 3.13. The average Bonchev–Trinajstić information content (AvgIpc) is 2.94. The molecule has 0 saturated heterocycles. The van der Waals surface area contributed by atoms with E-state index in [0.29, 0.717) is 16.8 Å². The van der Waals surface area contributed by atoms with Gasteiger partial charge in [-0.3, -0.25) is 19.2 Å². The van der Waals surface area contributed by atoms with Crippen LogP contribution in [0.5, 0.6) is 5.75 Å². The van der Waals surface area contributed by atoms with Gasteiger partial charge in [0, 0.05) is 23.2 Å². The number of fused-ring (bicyclic) bond motifs is 5. The van der Waals surface area contributed by atoms with Crippen molar-refractivity contribution >= 4 is 38.1 Å². The molecule has 1 aromatic carbocycles. The summed E-state index contributed by atoms with van der Waals surface area (Å²) < 4.78 is 21.2. The van der Waals surface area contributed by atoms with Gasteiger partial charge in [0.1, 0.15) is 5.75 Å². The molecule has 0 fully saturated rings. The molecule has 24 heavy (non-hydrogen) atoms. The van der Waals surface area contributed by atoms with E-state index in [1.54, 1.807) is 23.8 Å². The first-order valence-electron chi connectivity index (χ1n) is 7.36. The lowest BCUT2D eigenvalue weighted by Crippen LogP contribution is -2.14. The Morgan fingerprint density at radius 1 is 1.12 bits per heavy atom. The number of hydrogen-bond donors (Lipinski definition) is 0. The van der Waals surface area contributed by atoms with Gasteiger partial charge >= 0.3 is 0 Å². The molecule has 4 aromatic heterocycles. The summed E-state index contributed by atoms with van der Waals surface area (Å²) in [5, 5.41) is 2.13. The normalized spacial score (nSPS) is 11.9. The summed E-state index contributed by atoms with van der Waals surface area (Å²) >= 11 is 0. The van der Waals surface area contributed by atoms with Crippen molar-refractivity contribution in [3.8, 4) is 5.75 Å². The van der Waals surface area contributed by atoms with E-state index in [1.807, 2.05) is 18.2 Å². The lowest BCUT2D eigenvalue weighted by molar-refractivity contribution is 0.415. The van der Waals surface area contributed by atoms with Crippen molar-refractivity contribution in [3.63, 3.8) is 0 Å². The van der Waals surface area contributed by atoms with Crippen molar-refractivity contribution in [2.24, 2.45) is 0 Å². The summed E-state index contributed by atoms with van der Waals surface area (Å²) in [4.78, 5) is 21.1. The highest BCUT2D eigenvalue weighted by Crippen LogP contribution is 2.34. The molecule has 4 heterocycles. The lowest BCUT2D eigenvalue weighted by Gasteiger charge is -2.05. The first kappa shape index (κ1) is 13.2. The van der Waals surface area contributed by atoms with Gasteiger partial charge < -0.3 is 4.74 Å². The molecule has 5 rings (SSSR count). The van der Waals surface area contributed by atoms with E-state index in [1.165, 1.54) is 6.20 Å². The molecule has 0 aliphatic carbocycles. The third-order valence-corrected chi connectivity index (χ3v) is 4.45. The van der Waals surface area contributed by atoms with Gasteiger partial charge in [-0.2, -0.15) is 0 Å². The molecule has 0 N–H and O–H groups in total. The van der Waals surface area contributed by atoms with Crippen LogP contribution in [0.3, 0.4) is 0 Å². The maximum Gasteiger partial charge on any atom is 0.265 e. The summed E-state index contributed by atoms with van der Waals surface area (Å²) in [6.07, 6.45) is 4.12. The van der Waals surface area contributed by atoms with Gasteiger partial charge in [-0.05, 0) is 24.3 Å². The number of halogens is 1. The number of nitrogens with zero attached hydrogens (tertiary/aromatic N) is 3. The highest BCUT2D eigenvalue weighted by atomic mass is 19.1. The van der Waals surface area contributed by atoms with E-state index >= 15 is 0 Å². The van der Waals surface area contributed by atoms with Crippen LogP contribution < -0.4 is 10.3 Å². The number of rotatable bonds is 1. The maximum absolute atomic E-state index is 14.4. The minimum atomic E-state index is -0.546. The molecule has 5 nitrogen and oxygen atoms in total. The second-order valence-electron chi connectivity index (χ2n) is 5.62. The van der Waals surface area contributed by atoms with Crippen molar-refractivity contribution in [2.75, 3.05) is 7.11 Å². The van der Waals surface area contributed by atoms with Crippen LogP contribution in [0.15, 0.2) is 47.7 Å². The molecule has 0 aliphatic rings. The molecule has 0 unspecified atom stereocenters. The Balaban J connectivity index is 2.21. The fourth-order valence-corrected chi connectivity index (χ4v) is 3.42. The maximum atomic E-state index is 14.4. The van der Waals surface area contributed by atoms with Gasteiger partial charge in [0.15, 0.2) is 5.82 Å². The predicted molar refractivity (Wildman–Crippen MR) is 89.5 cm³/mol. The number of aromatic nitrogens is 3. The van der Waals surface area contributed by atoms with Crippen LogP contribution in [0.25, 0.3) is 38.1 Å². The van der Waals surface area contributed by atoms with Gasteiger partial charge in [-0.15, -0.1) is 0 Å². The Labute approximate surface area is 134 Å². The molecular formula is C18H10FN3O2. The molecule has 0 aliphatic heterocycles. The third-order valence-electron chi connectivity index (χ3n) is 4.45. The molecule has 6 heteroatoms. The number of ether oxygens (including phenoxy) is 1. The SMILES string of the molecule is COc1ccc2c(c1)c1ccnc3c4c(F)cncc4c(=O)n2c13. The Morgan fingerprint density at radius 3 is 2.83 bits per heavy atom. The first-order valence-corrected chi connectivity index (χ1v) is 7.36. The Kier molecular flexibility index (Phi) is 2.41. The fraction of sp³-hybridized carbons (Fsp3) is 0.0556. The van der Waals surface area contributed by atoms with Crippen LogP contribution in [0.1, 0.15) is 0 Å². The van der Waals surface area contributed by atoms with E-state index in [0.717, 1.165) is 22.5 Å². The molecule has 116 valence electrons. The van der Waals surface area contributed by atoms with Crippen LogP contribution in [-0.2, 0) is 0 Å². The van der Waals surface area contributed by atoms with Crippen LogP contribution in [0, 0.1) is 5.82 Å². The molecule has 0 bridgehead atoms. The Morgan fingerprint density at radius 2 is 2.00 bits per heavy atom. The van der Waals surface area contributed by atoms with E-state index in [9.17, 15) is 9.18 Å². The van der Waals surface area contributed by atoms with Crippen LogP contribution >= 0.6 is 0 Å². The van der Waals surface area contributed by atoms with Crippen LogP contribution in [-0.4, -0.2) is 21.5 Å². The van der Waals surface area contributed by atoms with E-state index < -0.39 is 5.82 Å². The molecule has 0 saturated carbocycles. The summed E-state index contributed by atoms with van der Waals surface area (Å²) in [5.74, 6) is 0.145. The highest BCUT2D eigenvalue weighted by Gasteiger charge is 2.20. The van der Waals surface area contributed by atoms with Crippen molar-refractivity contribution < 1.29 is 9.13 Å². The van der Waals surface area contributed by atoms with Crippen molar-refractivity contribution in [3.05, 3.63) is 59.0 Å². The second kappa shape index (κ2) is 4.38. The molecule has 0 spiro atoms. The zero-order valence-electron chi connectivity index (χ0n) is 12.6. The summed E-state index contributed by atoms with van der Waals surface area (Å²) in [5.41, 5.74) is 1.50. The largest absolute Gasteiger partial charge is 0.497 e. The van der Waals surface area contributed by atoms with Gasteiger partial charge in [-0.25, -0.2) is 4.39 Å². The summed E-state index contributed by atoms with van der Waals surface area (Å²) in [6, 6.07) is 7.32. The quantitative estimate of drug-likeness (QED) is 0.445. The zero-order chi connectivity index (χ0) is 16.4. The molecule has 0 atom stereocenters. The monoisotopic (exact) mass is 319 g/mol. The number of methoxy groups -OCH3 is 1. The van der Waals surface area contributed by atoms with Gasteiger partial charge in [0.05, 0.1) is 40.6 Å². The van der Waals surface area contributed by atoms with Crippen molar-refractivity contribution in [1.29, 1.82) is 0 Å². The van der Waals surface area contributed by atoms with E-state index in [2.05, 4.69) is 9.97 Å². The van der Waals surface area contributed by atoms with Crippen LogP contribution in [0.4, 0.5) is 4.39 Å². The topological polar surface area (TPSA) is 56.5 Å². The van der Waals surface area contributed by atoms with E-state index in [-0.39, 0.29) is 16.3 Å². The standard InChI is InChI=1S/C18H10FN3O2/c1-24-9-2-3-14-11(6-9)10-4-5-21-16-15-12(7-20-8-13(15)19)18(23)22(14)17(10)16/h2-8H,1H3. The summed E-state index contributed by atoms with van der Waals surface area (Å²) in [7, 11) is 1.59. The van der Waals surface area contributed by atoms with E-state index in [4.69, 9.17) is 4.74 Å².